The summed E-state index contributed by atoms with van der Waals surface area (Å²) >= 11 is 0. The molecular formula is C46H37F6N. The summed E-state index contributed by atoms with van der Waals surface area (Å²) in [4.78, 5) is 1.86. The first-order valence-electron chi connectivity index (χ1n) is 17.6. The van der Waals surface area contributed by atoms with Gasteiger partial charge in [0, 0.05) is 22.4 Å². The Bertz CT molecular complexity index is 2420. The first-order chi connectivity index (χ1) is 25.0. The molecule has 6 aromatic carbocycles. The molecule has 0 atom stereocenters. The molecule has 0 N–H and O–H groups in total. The Balaban J connectivity index is 1.47. The number of aryl methyl sites for hydroxylation is 3. The predicted octanol–water partition coefficient (Wildman–Crippen LogP) is 13.8. The number of fused-ring (bicyclic) bond motifs is 6. The van der Waals surface area contributed by atoms with Crippen molar-refractivity contribution in [3.05, 3.63) is 160 Å². The Labute approximate surface area is 305 Å². The van der Waals surface area contributed by atoms with Gasteiger partial charge in [0.15, 0.2) is 0 Å². The molecule has 8 rings (SSSR count). The summed E-state index contributed by atoms with van der Waals surface area (Å²) < 4.78 is 93.3. The van der Waals surface area contributed by atoms with Gasteiger partial charge in [-0.2, -0.15) is 26.3 Å². The second kappa shape index (κ2) is 11.6. The third-order valence-corrected chi connectivity index (χ3v) is 11.7. The second-order valence-electron chi connectivity index (χ2n) is 15.0. The number of nitrogens with zero attached hydrogens (tertiary/aromatic N) is 1. The first-order valence-corrected chi connectivity index (χ1v) is 17.6. The maximum absolute atomic E-state index is 15.5. The van der Waals surface area contributed by atoms with Crippen LogP contribution in [0.1, 0.15) is 58.4 Å². The Morgan fingerprint density at radius 1 is 0.472 bits per heavy atom. The lowest BCUT2D eigenvalue weighted by Gasteiger charge is -2.37. The fourth-order valence-electron chi connectivity index (χ4n) is 8.67. The van der Waals surface area contributed by atoms with Gasteiger partial charge >= 0.3 is 12.4 Å². The third kappa shape index (κ3) is 4.85. The molecule has 0 aliphatic heterocycles. The van der Waals surface area contributed by atoms with E-state index < -0.39 is 34.3 Å². The average Bonchev–Trinajstić information content (AvgIpc) is 3.52. The number of hydrogen-bond acceptors (Lipinski definition) is 1. The molecule has 0 aromatic heterocycles. The van der Waals surface area contributed by atoms with Crippen LogP contribution in [0.3, 0.4) is 0 Å². The van der Waals surface area contributed by atoms with Crippen molar-refractivity contribution in [2.45, 2.75) is 64.7 Å². The van der Waals surface area contributed by atoms with Crippen LogP contribution in [0.2, 0.25) is 0 Å². The first kappa shape index (κ1) is 34.8. The van der Waals surface area contributed by atoms with E-state index in [1.54, 1.807) is 27.7 Å². The predicted molar refractivity (Wildman–Crippen MR) is 201 cm³/mol. The molecule has 2 aliphatic rings. The lowest BCUT2D eigenvalue weighted by atomic mass is 9.75. The van der Waals surface area contributed by atoms with Crippen LogP contribution in [0.15, 0.2) is 115 Å². The Kier molecular flexibility index (Phi) is 7.61. The van der Waals surface area contributed by atoms with Crippen LogP contribution in [0.4, 0.5) is 43.4 Å². The topological polar surface area (TPSA) is 3.24 Å². The summed E-state index contributed by atoms with van der Waals surface area (Å²) in [5, 5.41) is 0. The van der Waals surface area contributed by atoms with Gasteiger partial charge in [-0.25, -0.2) is 0 Å². The Hall–Kier alpha value is -5.30. The molecule has 53 heavy (non-hydrogen) atoms. The molecule has 0 saturated carbocycles. The normalized spacial score (nSPS) is 15.1. The highest BCUT2D eigenvalue weighted by molar-refractivity contribution is 5.99. The number of hydrogen-bond donors (Lipinski definition) is 0. The molecule has 0 spiro atoms. The lowest BCUT2D eigenvalue weighted by molar-refractivity contribution is -0.287. The maximum Gasteiger partial charge on any atom is 0.411 e. The molecule has 0 saturated heterocycles. The van der Waals surface area contributed by atoms with Gasteiger partial charge in [-0.05, 0) is 124 Å². The van der Waals surface area contributed by atoms with Gasteiger partial charge in [-0.15, -0.1) is 0 Å². The molecule has 268 valence electrons. The van der Waals surface area contributed by atoms with E-state index in [-0.39, 0.29) is 11.1 Å². The van der Waals surface area contributed by atoms with E-state index in [0.29, 0.717) is 39.3 Å². The summed E-state index contributed by atoms with van der Waals surface area (Å²) in [7, 11) is 0. The van der Waals surface area contributed by atoms with Gasteiger partial charge in [0.25, 0.3) is 0 Å². The zero-order chi connectivity index (χ0) is 37.8. The highest BCUT2D eigenvalue weighted by Gasteiger charge is 2.76. The van der Waals surface area contributed by atoms with Crippen molar-refractivity contribution in [2.75, 3.05) is 4.90 Å². The highest BCUT2D eigenvalue weighted by Crippen LogP contribution is 2.66. The molecule has 7 heteroatoms. The molecule has 6 aromatic rings. The number of benzene rings is 6. The van der Waals surface area contributed by atoms with Crippen molar-refractivity contribution >= 4 is 17.1 Å². The minimum Gasteiger partial charge on any atom is -0.310 e. The number of alkyl halides is 6. The van der Waals surface area contributed by atoms with Gasteiger partial charge in [0.05, 0.1) is 5.69 Å². The summed E-state index contributed by atoms with van der Waals surface area (Å²) in [6.07, 6.45) is -11.4. The van der Waals surface area contributed by atoms with E-state index >= 15 is 26.3 Å². The summed E-state index contributed by atoms with van der Waals surface area (Å²) in [6, 6.07) is 35.3. The van der Waals surface area contributed by atoms with Crippen LogP contribution < -0.4 is 4.90 Å². The van der Waals surface area contributed by atoms with Crippen LogP contribution in [-0.4, -0.2) is 12.4 Å². The van der Waals surface area contributed by atoms with Crippen molar-refractivity contribution in [3.63, 3.8) is 0 Å². The van der Waals surface area contributed by atoms with E-state index in [9.17, 15) is 0 Å². The monoisotopic (exact) mass is 717 g/mol. The zero-order valence-corrected chi connectivity index (χ0v) is 30.2. The van der Waals surface area contributed by atoms with Crippen molar-refractivity contribution in [1.29, 1.82) is 0 Å². The minimum absolute atomic E-state index is 0.0592. The average molecular weight is 718 g/mol. The molecule has 0 heterocycles. The Morgan fingerprint density at radius 2 is 1.02 bits per heavy atom. The molecule has 0 unspecified atom stereocenters. The quantitative estimate of drug-likeness (QED) is 0.164. The SMILES string of the molecule is Cc1cc2c(cc1C)C(C(F)(F)F)(C(F)(F)F)c1cc(C)c(C)c(N(c3ccc(-c4ccccc4)cc3)c3ccc4c(c3)C(C)(C)c3ccccc3-4)c1-2. The fourth-order valence-corrected chi connectivity index (χ4v) is 8.67. The standard InChI is InChI=1S/C46H37F6N/c1-26-22-36-39(23-27(26)2)44(45(47,48)49,46(50,51)52)40-24-28(3)29(4)42(41(36)40)53(32-18-16-31(17-19-32)30-12-8-7-9-13-30)33-20-21-35-34-14-10-11-15-37(34)43(5,6)38(35)25-33/h7-25H,1-6H3. The van der Waals surface area contributed by atoms with Crippen LogP contribution >= 0.6 is 0 Å². The van der Waals surface area contributed by atoms with Crippen LogP contribution in [0, 0.1) is 27.7 Å². The van der Waals surface area contributed by atoms with Crippen LogP contribution in [0.25, 0.3) is 33.4 Å². The van der Waals surface area contributed by atoms with Gasteiger partial charge in [-0.1, -0.05) is 105 Å². The molecule has 0 bridgehead atoms. The van der Waals surface area contributed by atoms with Crippen molar-refractivity contribution in [1.82, 2.24) is 0 Å². The van der Waals surface area contributed by atoms with E-state index in [2.05, 4.69) is 26.0 Å². The van der Waals surface area contributed by atoms with Gasteiger partial charge in [-0.3, -0.25) is 0 Å². The third-order valence-electron chi connectivity index (χ3n) is 11.7. The van der Waals surface area contributed by atoms with E-state index in [1.807, 2.05) is 89.8 Å². The zero-order valence-electron chi connectivity index (χ0n) is 30.2. The second-order valence-corrected chi connectivity index (χ2v) is 15.0. The molecule has 0 amide bonds. The molecule has 2 aliphatic carbocycles. The smallest absolute Gasteiger partial charge is 0.310 e. The van der Waals surface area contributed by atoms with Crippen molar-refractivity contribution in [2.24, 2.45) is 0 Å². The van der Waals surface area contributed by atoms with Crippen LogP contribution in [0.5, 0.6) is 0 Å². The maximum atomic E-state index is 15.5. The van der Waals surface area contributed by atoms with E-state index in [0.717, 1.165) is 45.5 Å². The molecule has 0 fully saturated rings. The lowest BCUT2D eigenvalue weighted by Crippen LogP contribution is -2.53. The fraction of sp³-hybridized carbons (Fsp3) is 0.217. The summed E-state index contributed by atoms with van der Waals surface area (Å²) in [5.74, 6) is 0. The van der Waals surface area contributed by atoms with Crippen molar-refractivity contribution in [3.8, 4) is 33.4 Å². The molecule has 1 nitrogen and oxygen atoms in total. The van der Waals surface area contributed by atoms with Gasteiger partial charge in [0.1, 0.15) is 0 Å². The molecular weight excluding hydrogens is 681 g/mol. The number of halogens is 6. The largest absolute Gasteiger partial charge is 0.411 e. The van der Waals surface area contributed by atoms with Gasteiger partial charge in [0.2, 0.25) is 5.41 Å². The van der Waals surface area contributed by atoms with E-state index in [1.165, 1.54) is 6.07 Å². The van der Waals surface area contributed by atoms with Crippen LogP contribution in [-0.2, 0) is 10.8 Å². The summed E-state index contributed by atoms with van der Waals surface area (Å²) in [5.41, 5.74) is 3.32. The highest BCUT2D eigenvalue weighted by atomic mass is 19.4. The minimum atomic E-state index is -5.68. The summed E-state index contributed by atoms with van der Waals surface area (Å²) in [6.45, 7) is 10.9. The van der Waals surface area contributed by atoms with Crippen molar-refractivity contribution < 1.29 is 26.3 Å². The van der Waals surface area contributed by atoms with Gasteiger partial charge < -0.3 is 4.90 Å². The molecule has 0 radical (unpaired) electrons. The number of rotatable bonds is 4. The Morgan fingerprint density at radius 3 is 1.68 bits per heavy atom. The van der Waals surface area contributed by atoms with E-state index in [4.69, 9.17) is 0 Å². The number of anilines is 3.